The van der Waals surface area contributed by atoms with Crippen molar-refractivity contribution in [1.82, 2.24) is 14.5 Å². The predicted molar refractivity (Wildman–Crippen MR) is 99.8 cm³/mol. The number of carbonyl (C=O) groups is 1. The zero-order chi connectivity index (χ0) is 19.9. The summed E-state index contributed by atoms with van der Waals surface area (Å²) in [5.74, 6) is -0.538. The Morgan fingerprint density at radius 2 is 2.07 bits per heavy atom. The second-order valence-electron chi connectivity index (χ2n) is 6.78. The predicted octanol–water partition coefficient (Wildman–Crippen LogP) is 1.95. The Morgan fingerprint density at radius 3 is 2.82 bits per heavy atom. The quantitative estimate of drug-likeness (QED) is 0.506. The number of aliphatic hydroxyl groups is 2. The van der Waals surface area contributed by atoms with Crippen molar-refractivity contribution in [3.63, 3.8) is 0 Å². The van der Waals surface area contributed by atoms with Gasteiger partial charge in [-0.15, -0.1) is 0 Å². The molecule has 3 heterocycles. The molecule has 28 heavy (non-hydrogen) atoms. The van der Waals surface area contributed by atoms with Crippen LogP contribution in [-0.2, 0) is 9.47 Å². The van der Waals surface area contributed by atoms with Gasteiger partial charge in [-0.1, -0.05) is 29.8 Å². The molecule has 1 aliphatic heterocycles. The lowest BCUT2D eigenvalue weighted by atomic mass is 9.95. The van der Waals surface area contributed by atoms with Crippen molar-refractivity contribution in [2.45, 2.75) is 31.0 Å². The molecule has 1 fully saturated rings. The first-order valence-corrected chi connectivity index (χ1v) is 9.02. The van der Waals surface area contributed by atoms with Gasteiger partial charge < -0.3 is 24.3 Å². The Hall–Kier alpha value is -2.52. The number of aromatic nitrogens is 3. The van der Waals surface area contributed by atoms with E-state index in [-0.39, 0.29) is 11.8 Å². The molecule has 0 amide bonds. The van der Waals surface area contributed by atoms with Crippen LogP contribution in [0.15, 0.2) is 48.9 Å². The summed E-state index contributed by atoms with van der Waals surface area (Å²) in [6.45, 7) is 1.22. The first-order valence-electron chi connectivity index (χ1n) is 8.64. The van der Waals surface area contributed by atoms with Crippen molar-refractivity contribution >= 4 is 28.6 Å². The van der Waals surface area contributed by atoms with E-state index in [4.69, 9.17) is 21.1 Å². The Kier molecular flexibility index (Phi) is 4.80. The number of ether oxygens (including phenoxy) is 2. The smallest absolute Gasteiger partial charge is 0.338 e. The van der Waals surface area contributed by atoms with Crippen LogP contribution in [0.1, 0.15) is 23.5 Å². The average Bonchev–Trinajstić information content (AvgIpc) is 3.21. The maximum atomic E-state index is 12.2. The molecule has 0 bridgehead atoms. The molecule has 1 saturated heterocycles. The van der Waals surface area contributed by atoms with Gasteiger partial charge in [0.1, 0.15) is 41.5 Å². The molecule has 2 aromatic heterocycles. The summed E-state index contributed by atoms with van der Waals surface area (Å²) in [5.41, 5.74) is -0.795. The van der Waals surface area contributed by atoms with E-state index >= 15 is 0 Å². The molecule has 1 aliphatic rings. The number of esters is 1. The fourth-order valence-corrected chi connectivity index (χ4v) is 3.43. The van der Waals surface area contributed by atoms with Gasteiger partial charge in [0.15, 0.2) is 6.23 Å². The number of halogens is 1. The lowest BCUT2D eigenvalue weighted by molar-refractivity contribution is -0.0841. The molecule has 8 nitrogen and oxygen atoms in total. The lowest BCUT2D eigenvalue weighted by Gasteiger charge is -2.26. The van der Waals surface area contributed by atoms with Crippen LogP contribution in [0, 0.1) is 0 Å². The molecule has 146 valence electrons. The molecule has 4 rings (SSSR count). The SMILES string of the molecule is C[C@@]1(O)[C@@H](COC(=O)c2ccccc2)O[C@@H](n2ccc3c(Cl)ncnc32)[C@@H]1O. The van der Waals surface area contributed by atoms with E-state index < -0.39 is 30.0 Å². The summed E-state index contributed by atoms with van der Waals surface area (Å²) in [5, 5.41) is 22.3. The normalized spacial score (nSPS) is 27.2. The monoisotopic (exact) mass is 403 g/mol. The van der Waals surface area contributed by atoms with E-state index in [0.29, 0.717) is 16.6 Å². The third-order valence-corrected chi connectivity index (χ3v) is 5.24. The molecule has 0 radical (unpaired) electrons. The highest BCUT2D eigenvalue weighted by Crippen LogP contribution is 2.39. The molecule has 2 N–H and O–H groups in total. The molecule has 0 saturated carbocycles. The summed E-state index contributed by atoms with van der Waals surface area (Å²) in [6.07, 6.45) is -0.195. The summed E-state index contributed by atoms with van der Waals surface area (Å²) in [7, 11) is 0. The number of fused-ring (bicyclic) bond motifs is 1. The minimum Gasteiger partial charge on any atom is -0.459 e. The minimum atomic E-state index is -1.64. The highest BCUT2D eigenvalue weighted by atomic mass is 35.5. The summed E-state index contributed by atoms with van der Waals surface area (Å²) in [4.78, 5) is 20.3. The topological polar surface area (TPSA) is 107 Å². The van der Waals surface area contributed by atoms with E-state index in [1.807, 2.05) is 0 Å². The van der Waals surface area contributed by atoms with Crippen molar-refractivity contribution in [2.24, 2.45) is 0 Å². The minimum absolute atomic E-state index is 0.219. The van der Waals surface area contributed by atoms with Gasteiger partial charge in [0.25, 0.3) is 0 Å². The van der Waals surface area contributed by atoms with Gasteiger partial charge in [0.2, 0.25) is 0 Å². The Morgan fingerprint density at radius 1 is 1.32 bits per heavy atom. The zero-order valence-corrected chi connectivity index (χ0v) is 15.7. The number of hydrogen-bond acceptors (Lipinski definition) is 7. The molecular formula is C19H18ClN3O5. The fraction of sp³-hybridized carbons (Fsp3) is 0.316. The van der Waals surface area contributed by atoms with Crippen LogP contribution in [-0.4, -0.2) is 55.1 Å². The zero-order valence-electron chi connectivity index (χ0n) is 14.9. The first kappa shape index (κ1) is 18.8. The maximum absolute atomic E-state index is 12.2. The van der Waals surface area contributed by atoms with Crippen LogP contribution >= 0.6 is 11.6 Å². The van der Waals surface area contributed by atoms with Gasteiger partial charge in [-0.05, 0) is 25.1 Å². The van der Waals surface area contributed by atoms with Gasteiger partial charge in [0, 0.05) is 6.20 Å². The highest BCUT2D eigenvalue weighted by molar-refractivity contribution is 6.33. The summed E-state index contributed by atoms with van der Waals surface area (Å²) >= 11 is 6.07. The third-order valence-electron chi connectivity index (χ3n) is 4.93. The van der Waals surface area contributed by atoms with Crippen molar-refractivity contribution in [3.05, 3.63) is 59.6 Å². The van der Waals surface area contributed by atoms with Gasteiger partial charge in [-0.3, -0.25) is 0 Å². The molecule has 0 unspecified atom stereocenters. The van der Waals surface area contributed by atoms with E-state index in [2.05, 4.69) is 9.97 Å². The number of hydrogen-bond donors (Lipinski definition) is 2. The van der Waals surface area contributed by atoms with E-state index in [1.165, 1.54) is 13.3 Å². The third kappa shape index (κ3) is 3.14. The van der Waals surface area contributed by atoms with Gasteiger partial charge in [-0.25, -0.2) is 14.8 Å². The second-order valence-corrected chi connectivity index (χ2v) is 7.13. The number of rotatable bonds is 4. The van der Waals surface area contributed by atoms with Crippen LogP contribution in [0.3, 0.4) is 0 Å². The number of aliphatic hydroxyl groups excluding tert-OH is 1. The molecule has 4 atom stereocenters. The van der Waals surface area contributed by atoms with Crippen LogP contribution in [0.25, 0.3) is 11.0 Å². The standard InChI is InChI=1S/C19H18ClN3O5/c1-19(26)13(9-27-18(25)11-5-3-2-4-6-11)28-17(14(19)24)23-8-7-12-15(20)21-10-22-16(12)23/h2-8,10,13-14,17,24,26H,9H2,1H3/t13-,14+,17-,19-/m1/s1. The Bertz CT molecular complexity index is 1010. The molecular weight excluding hydrogens is 386 g/mol. The molecule has 0 spiro atoms. The van der Waals surface area contributed by atoms with Gasteiger partial charge >= 0.3 is 5.97 Å². The Labute approximate surface area is 165 Å². The number of benzene rings is 1. The largest absolute Gasteiger partial charge is 0.459 e. The van der Waals surface area contributed by atoms with E-state index in [0.717, 1.165) is 0 Å². The first-order chi connectivity index (χ1) is 13.4. The van der Waals surface area contributed by atoms with Crippen molar-refractivity contribution < 1.29 is 24.5 Å². The maximum Gasteiger partial charge on any atom is 0.338 e. The Balaban J connectivity index is 1.54. The van der Waals surface area contributed by atoms with Crippen LogP contribution < -0.4 is 0 Å². The number of carbonyl (C=O) groups excluding carboxylic acids is 1. The molecule has 3 aromatic rings. The van der Waals surface area contributed by atoms with Crippen molar-refractivity contribution in [2.75, 3.05) is 6.61 Å². The lowest BCUT2D eigenvalue weighted by Crippen LogP contribution is -2.46. The van der Waals surface area contributed by atoms with Gasteiger partial charge in [-0.2, -0.15) is 0 Å². The van der Waals surface area contributed by atoms with Crippen LogP contribution in [0.5, 0.6) is 0 Å². The van der Waals surface area contributed by atoms with Gasteiger partial charge in [0.05, 0.1) is 10.9 Å². The fourth-order valence-electron chi connectivity index (χ4n) is 3.24. The molecule has 9 heteroatoms. The molecule has 1 aromatic carbocycles. The van der Waals surface area contributed by atoms with Crippen molar-refractivity contribution in [1.29, 1.82) is 0 Å². The second kappa shape index (κ2) is 7.14. The van der Waals surface area contributed by atoms with E-state index in [9.17, 15) is 15.0 Å². The number of nitrogens with zero attached hydrogens (tertiary/aromatic N) is 3. The van der Waals surface area contributed by atoms with Crippen LogP contribution in [0.4, 0.5) is 0 Å². The van der Waals surface area contributed by atoms with Crippen LogP contribution in [0.2, 0.25) is 5.15 Å². The molecule has 0 aliphatic carbocycles. The summed E-state index contributed by atoms with van der Waals surface area (Å²) < 4.78 is 12.7. The average molecular weight is 404 g/mol. The van der Waals surface area contributed by atoms with Crippen molar-refractivity contribution in [3.8, 4) is 0 Å². The van der Waals surface area contributed by atoms with E-state index in [1.54, 1.807) is 47.2 Å². The highest BCUT2D eigenvalue weighted by Gasteiger charge is 2.53. The summed E-state index contributed by atoms with van der Waals surface area (Å²) in [6, 6.07) is 10.2.